The highest BCUT2D eigenvalue weighted by Crippen LogP contribution is 2.50. The van der Waals surface area contributed by atoms with Crippen molar-refractivity contribution in [1.82, 2.24) is 44.6 Å². The first-order valence-corrected chi connectivity index (χ1v) is 12.0. The van der Waals surface area contributed by atoms with Crippen LogP contribution in [0.2, 0.25) is 0 Å². The quantitative estimate of drug-likeness (QED) is 0.402. The Morgan fingerprint density at radius 1 is 0.971 bits per heavy atom. The molecular weight excluding hydrogens is 446 g/mol. The van der Waals surface area contributed by atoms with Gasteiger partial charge in [0.05, 0.1) is 11.9 Å². The van der Waals surface area contributed by atoms with Crippen molar-refractivity contribution in [3.8, 4) is 11.1 Å². The van der Waals surface area contributed by atoms with E-state index in [-0.39, 0.29) is 29.9 Å². The number of amides is 1. The van der Waals surface area contributed by atoms with Gasteiger partial charge in [-0.1, -0.05) is 0 Å². The SMILES string of the molecule is Nc1ncc(-c2cnn3c(N)c(C4CC4)c(C4C[C@H]5CC[C@@H](C4)N5C(=O)c4ncn[nH]4)nc23)cn1. The van der Waals surface area contributed by atoms with Gasteiger partial charge in [0.1, 0.15) is 12.1 Å². The predicted octanol–water partition coefficient (Wildman–Crippen LogP) is 1.90. The Bertz CT molecular complexity index is 1410. The largest absolute Gasteiger partial charge is 0.383 e. The van der Waals surface area contributed by atoms with Gasteiger partial charge in [-0.15, -0.1) is 0 Å². The van der Waals surface area contributed by atoms with E-state index in [2.05, 4.69) is 30.2 Å². The number of fused-ring (bicyclic) bond motifs is 3. The molecule has 4 aromatic rings. The number of nitrogens with zero attached hydrogens (tertiary/aromatic N) is 8. The number of aromatic nitrogens is 8. The molecule has 6 heterocycles. The lowest BCUT2D eigenvalue weighted by Gasteiger charge is -2.39. The Labute approximate surface area is 200 Å². The Hall–Kier alpha value is -4.09. The molecule has 0 aromatic carbocycles. The fourth-order valence-electron chi connectivity index (χ4n) is 5.99. The van der Waals surface area contributed by atoms with Crippen LogP contribution in [-0.4, -0.2) is 62.6 Å². The van der Waals surface area contributed by atoms with Crippen molar-refractivity contribution in [2.45, 2.75) is 62.4 Å². The van der Waals surface area contributed by atoms with Gasteiger partial charge in [-0.2, -0.15) is 14.7 Å². The molecule has 5 N–H and O–H groups in total. The van der Waals surface area contributed by atoms with Crippen LogP contribution in [0.1, 0.15) is 72.2 Å². The zero-order valence-corrected chi connectivity index (χ0v) is 19.0. The maximum Gasteiger partial charge on any atom is 0.291 e. The number of aromatic amines is 1. The molecule has 12 nitrogen and oxygen atoms in total. The summed E-state index contributed by atoms with van der Waals surface area (Å²) < 4.78 is 1.74. The van der Waals surface area contributed by atoms with Crippen molar-refractivity contribution in [1.29, 1.82) is 0 Å². The highest BCUT2D eigenvalue weighted by atomic mass is 16.2. The van der Waals surface area contributed by atoms with Crippen molar-refractivity contribution < 1.29 is 4.79 Å². The summed E-state index contributed by atoms with van der Waals surface area (Å²) in [4.78, 5) is 32.6. The molecule has 1 saturated carbocycles. The Morgan fingerprint density at radius 2 is 1.71 bits per heavy atom. The number of nitrogens with one attached hydrogen (secondary N) is 1. The summed E-state index contributed by atoms with van der Waals surface area (Å²) in [5.74, 6) is 1.75. The number of nitrogen functional groups attached to an aromatic ring is 2. The molecule has 2 aliphatic heterocycles. The molecule has 1 unspecified atom stereocenters. The maximum atomic E-state index is 13.1. The molecule has 3 fully saturated rings. The van der Waals surface area contributed by atoms with Crippen LogP contribution in [0, 0.1) is 0 Å². The monoisotopic (exact) mass is 471 g/mol. The highest BCUT2D eigenvalue weighted by molar-refractivity contribution is 5.91. The summed E-state index contributed by atoms with van der Waals surface area (Å²) in [6.07, 6.45) is 12.4. The lowest BCUT2D eigenvalue weighted by molar-refractivity contribution is 0.0557. The average Bonchev–Trinajstić information content (AvgIpc) is 3.25. The lowest BCUT2D eigenvalue weighted by Crippen LogP contribution is -2.46. The second kappa shape index (κ2) is 7.45. The van der Waals surface area contributed by atoms with Gasteiger partial charge in [-0.05, 0) is 44.4 Å². The zero-order valence-electron chi connectivity index (χ0n) is 19.0. The topological polar surface area (TPSA) is 170 Å². The summed E-state index contributed by atoms with van der Waals surface area (Å²) in [5.41, 5.74) is 16.9. The normalized spacial score (nSPS) is 23.8. The minimum absolute atomic E-state index is 0.0692. The van der Waals surface area contributed by atoms with Crippen molar-refractivity contribution in [3.05, 3.63) is 42.0 Å². The molecule has 3 atom stereocenters. The van der Waals surface area contributed by atoms with Crippen LogP contribution in [0.25, 0.3) is 16.8 Å². The Morgan fingerprint density at radius 3 is 2.37 bits per heavy atom. The second-order valence-electron chi connectivity index (χ2n) is 9.79. The smallest absolute Gasteiger partial charge is 0.291 e. The van der Waals surface area contributed by atoms with E-state index in [1.807, 2.05) is 4.90 Å². The van der Waals surface area contributed by atoms with E-state index in [0.717, 1.165) is 60.9 Å². The summed E-state index contributed by atoms with van der Waals surface area (Å²) in [5, 5.41) is 11.1. The molecule has 1 amide bonds. The van der Waals surface area contributed by atoms with Crippen molar-refractivity contribution in [3.63, 3.8) is 0 Å². The van der Waals surface area contributed by atoms with E-state index in [1.165, 1.54) is 6.33 Å². The van der Waals surface area contributed by atoms with Crippen molar-refractivity contribution >= 4 is 23.3 Å². The number of hydrogen-bond acceptors (Lipinski definition) is 9. The highest BCUT2D eigenvalue weighted by Gasteiger charge is 2.46. The molecule has 0 radical (unpaired) electrons. The summed E-state index contributed by atoms with van der Waals surface area (Å²) in [6.45, 7) is 0. The van der Waals surface area contributed by atoms with Crippen LogP contribution in [0.15, 0.2) is 24.9 Å². The number of H-pyrrole nitrogens is 1. The van der Waals surface area contributed by atoms with Gasteiger partial charge in [0.15, 0.2) is 5.65 Å². The van der Waals surface area contributed by atoms with E-state index in [0.29, 0.717) is 23.2 Å². The molecule has 4 aromatic heterocycles. The van der Waals surface area contributed by atoms with E-state index < -0.39 is 0 Å². The number of carbonyl (C=O) groups excluding carboxylic acids is 1. The van der Waals surface area contributed by atoms with Crippen LogP contribution in [0.3, 0.4) is 0 Å². The van der Waals surface area contributed by atoms with Gasteiger partial charge in [-0.25, -0.2) is 19.9 Å². The van der Waals surface area contributed by atoms with Crippen LogP contribution in [0.4, 0.5) is 11.8 Å². The fourth-order valence-corrected chi connectivity index (χ4v) is 5.99. The first-order valence-electron chi connectivity index (χ1n) is 12.0. The third-order valence-electron chi connectivity index (χ3n) is 7.69. The number of piperidine rings is 1. The van der Waals surface area contributed by atoms with E-state index in [1.54, 1.807) is 23.1 Å². The molecule has 7 rings (SSSR count). The molecule has 3 aliphatic rings. The van der Waals surface area contributed by atoms with Crippen LogP contribution in [-0.2, 0) is 0 Å². The Kier molecular flexibility index (Phi) is 4.32. The molecule has 12 heteroatoms. The number of rotatable bonds is 4. The van der Waals surface area contributed by atoms with E-state index >= 15 is 0 Å². The standard InChI is InChI=1S/C23H25N11O/c24-19-17(11-1-2-11)18(31-21-16(9-30-34(19)21)13-7-26-23(25)27-8-13)12-5-14-3-4-15(6-12)33(14)22(35)20-28-10-29-32-20/h7-12,14-15H,1-6,24H2,(H2,25,26,27)(H,28,29,32)/t12?,14-,15+. The van der Waals surface area contributed by atoms with Crippen LogP contribution in [0.5, 0.6) is 0 Å². The van der Waals surface area contributed by atoms with Gasteiger partial charge in [0, 0.05) is 47.1 Å². The summed E-state index contributed by atoms with van der Waals surface area (Å²) in [6, 6.07) is 0.301. The van der Waals surface area contributed by atoms with Gasteiger partial charge in [0.25, 0.3) is 5.91 Å². The van der Waals surface area contributed by atoms with Crippen LogP contribution < -0.4 is 11.5 Å². The summed E-state index contributed by atoms with van der Waals surface area (Å²) >= 11 is 0. The molecule has 35 heavy (non-hydrogen) atoms. The summed E-state index contributed by atoms with van der Waals surface area (Å²) in [7, 11) is 0. The minimum atomic E-state index is -0.0692. The number of nitrogens with two attached hydrogens (primary N) is 2. The Balaban J connectivity index is 1.29. The minimum Gasteiger partial charge on any atom is -0.383 e. The fraction of sp³-hybridized carbons (Fsp3) is 0.435. The third-order valence-corrected chi connectivity index (χ3v) is 7.69. The average molecular weight is 472 g/mol. The molecule has 2 saturated heterocycles. The van der Waals surface area contributed by atoms with Crippen molar-refractivity contribution in [2.24, 2.45) is 0 Å². The van der Waals surface area contributed by atoms with Crippen molar-refractivity contribution in [2.75, 3.05) is 11.5 Å². The van der Waals surface area contributed by atoms with Gasteiger partial charge >= 0.3 is 0 Å². The van der Waals surface area contributed by atoms with E-state index in [9.17, 15) is 4.79 Å². The molecule has 0 spiro atoms. The predicted molar refractivity (Wildman–Crippen MR) is 126 cm³/mol. The number of hydrogen-bond donors (Lipinski definition) is 3. The van der Waals surface area contributed by atoms with E-state index in [4.69, 9.17) is 16.5 Å². The molecule has 178 valence electrons. The third kappa shape index (κ3) is 3.16. The zero-order chi connectivity index (χ0) is 23.7. The van der Waals surface area contributed by atoms with Gasteiger partial charge < -0.3 is 16.4 Å². The first kappa shape index (κ1) is 20.3. The molecular formula is C23H25N11O. The van der Waals surface area contributed by atoms with Gasteiger partial charge in [-0.3, -0.25) is 9.89 Å². The maximum absolute atomic E-state index is 13.1. The number of anilines is 2. The first-order chi connectivity index (χ1) is 17.1. The second-order valence-corrected chi connectivity index (χ2v) is 9.79. The molecule has 2 bridgehead atoms. The van der Waals surface area contributed by atoms with Crippen LogP contribution >= 0.6 is 0 Å². The lowest BCUT2D eigenvalue weighted by atomic mass is 9.85. The number of carbonyl (C=O) groups is 1. The van der Waals surface area contributed by atoms with Gasteiger partial charge in [0.2, 0.25) is 11.8 Å². The molecule has 1 aliphatic carbocycles.